The number of benzene rings is 1. The minimum absolute atomic E-state index is 0.0899. The van der Waals surface area contributed by atoms with Gasteiger partial charge in [-0.15, -0.1) is 11.3 Å². The van der Waals surface area contributed by atoms with E-state index >= 15 is 0 Å². The molecule has 2 N–H and O–H groups in total. The number of ketones is 2. The second-order valence-corrected chi connectivity index (χ2v) is 6.06. The van der Waals surface area contributed by atoms with Crippen LogP contribution < -0.4 is 5.73 Å². The number of carbonyl (C=O) groups is 3. The van der Waals surface area contributed by atoms with Crippen molar-refractivity contribution in [2.45, 2.75) is 12.0 Å². The molecule has 0 radical (unpaired) electrons. The fraction of sp³-hybridized carbons (Fsp3) is 0.188. The average Bonchev–Trinajstić information content (AvgIpc) is 3.07. The maximum absolute atomic E-state index is 12.6. The van der Waals surface area contributed by atoms with Gasteiger partial charge in [0.2, 0.25) is 0 Å². The molecule has 1 aromatic carbocycles. The summed E-state index contributed by atoms with van der Waals surface area (Å²) in [5, 5.41) is 1.65. The molecule has 2 aromatic rings. The average molecular weight is 315 g/mol. The highest BCUT2D eigenvalue weighted by atomic mass is 32.1. The van der Waals surface area contributed by atoms with Crippen molar-refractivity contribution in [2.24, 2.45) is 5.73 Å². The minimum atomic E-state index is -1.70. The van der Waals surface area contributed by atoms with Gasteiger partial charge in [0.15, 0.2) is 17.1 Å². The molecule has 112 valence electrons. The fourth-order valence-corrected chi connectivity index (χ4v) is 3.49. The number of fused-ring (bicyclic) bond motifs is 1. The first-order valence-electron chi connectivity index (χ1n) is 6.60. The molecule has 0 aliphatic heterocycles. The summed E-state index contributed by atoms with van der Waals surface area (Å²) in [6.07, 6.45) is 0.0899. The van der Waals surface area contributed by atoms with E-state index in [2.05, 4.69) is 4.74 Å². The molecule has 0 amide bonds. The van der Waals surface area contributed by atoms with Crippen molar-refractivity contribution >= 4 is 28.9 Å². The van der Waals surface area contributed by atoms with Crippen molar-refractivity contribution in [2.75, 3.05) is 7.11 Å². The Balaban J connectivity index is 2.00. The summed E-state index contributed by atoms with van der Waals surface area (Å²) in [5.41, 5.74) is 5.59. The van der Waals surface area contributed by atoms with Gasteiger partial charge in [-0.25, -0.2) is 0 Å². The number of rotatable bonds is 3. The predicted octanol–water partition coefficient (Wildman–Crippen LogP) is 1.70. The molecular weight excluding hydrogens is 302 g/mol. The quantitative estimate of drug-likeness (QED) is 0.688. The zero-order valence-electron chi connectivity index (χ0n) is 11.8. The maximum atomic E-state index is 12.6. The molecule has 1 aromatic heterocycles. The van der Waals surface area contributed by atoms with Crippen molar-refractivity contribution in [3.8, 4) is 0 Å². The van der Waals surface area contributed by atoms with Gasteiger partial charge in [0.1, 0.15) is 0 Å². The molecule has 0 atom stereocenters. The summed E-state index contributed by atoms with van der Waals surface area (Å²) >= 11 is 1.28. The number of hydrogen-bond acceptors (Lipinski definition) is 6. The SMILES string of the molecule is COC(=O)Cc1cc(C2(N)C(=O)c3ccccc3C2=O)cs1. The number of nitrogens with two attached hydrogens (primary N) is 1. The van der Waals surface area contributed by atoms with Gasteiger partial charge in [-0.3, -0.25) is 14.4 Å². The normalized spacial score (nSPS) is 15.7. The Hall–Kier alpha value is -2.31. The third kappa shape index (κ3) is 2.00. The molecule has 3 rings (SSSR count). The van der Waals surface area contributed by atoms with E-state index < -0.39 is 17.1 Å². The van der Waals surface area contributed by atoms with Gasteiger partial charge in [0, 0.05) is 16.0 Å². The number of hydrogen-bond donors (Lipinski definition) is 1. The molecule has 6 heteroatoms. The van der Waals surface area contributed by atoms with Crippen molar-refractivity contribution in [3.63, 3.8) is 0 Å². The van der Waals surface area contributed by atoms with Crippen molar-refractivity contribution in [1.29, 1.82) is 0 Å². The number of carbonyl (C=O) groups excluding carboxylic acids is 3. The Kier molecular flexibility index (Phi) is 3.42. The van der Waals surface area contributed by atoms with Gasteiger partial charge in [0.25, 0.3) is 0 Å². The van der Waals surface area contributed by atoms with Gasteiger partial charge in [-0.2, -0.15) is 0 Å². The molecule has 0 fully saturated rings. The molecule has 5 nitrogen and oxygen atoms in total. The van der Waals surface area contributed by atoms with Gasteiger partial charge in [0.05, 0.1) is 13.5 Å². The maximum Gasteiger partial charge on any atom is 0.310 e. The van der Waals surface area contributed by atoms with Crippen LogP contribution in [0.2, 0.25) is 0 Å². The first-order valence-corrected chi connectivity index (χ1v) is 7.48. The number of ether oxygens (including phenoxy) is 1. The summed E-state index contributed by atoms with van der Waals surface area (Å²) in [4.78, 5) is 37.2. The van der Waals surface area contributed by atoms with E-state index in [9.17, 15) is 14.4 Å². The van der Waals surface area contributed by atoms with E-state index in [0.29, 0.717) is 21.6 Å². The molecule has 1 heterocycles. The van der Waals surface area contributed by atoms with Crippen LogP contribution in [0, 0.1) is 0 Å². The Morgan fingerprint density at radius 3 is 2.36 bits per heavy atom. The van der Waals surface area contributed by atoms with E-state index in [1.54, 1.807) is 35.7 Å². The van der Waals surface area contributed by atoms with Gasteiger partial charge in [-0.05, 0) is 17.0 Å². The molecular formula is C16H13NO4S. The first kappa shape index (κ1) is 14.6. The Labute approximate surface area is 130 Å². The molecule has 0 bridgehead atoms. The van der Waals surface area contributed by atoms with Crippen LogP contribution in [-0.4, -0.2) is 24.6 Å². The molecule has 1 aliphatic rings. The Morgan fingerprint density at radius 1 is 1.23 bits per heavy atom. The summed E-state index contributed by atoms with van der Waals surface area (Å²) in [7, 11) is 1.31. The van der Waals surface area contributed by atoms with Gasteiger partial charge in [-0.1, -0.05) is 24.3 Å². The van der Waals surface area contributed by atoms with Crippen LogP contribution in [0.15, 0.2) is 35.7 Å². The zero-order valence-corrected chi connectivity index (χ0v) is 12.6. The predicted molar refractivity (Wildman–Crippen MR) is 81.0 cm³/mol. The van der Waals surface area contributed by atoms with Crippen LogP contribution >= 0.6 is 11.3 Å². The standard InChI is InChI=1S/C16H13NO4S/c1-21-13(18)7-10-6-9(8-22-10)16(17)14(19)11-4-2-3-5-12(11)15(16)20/h2-6,8H,7,17H2,1H3. The van der Waals surface area contributed by atoms with Crippen LogP contribution in [0.25, 0.3) is 0 Å². The van der Waals surface area contributed by atoms with Crippen molar-refractivity contribution in [1.82, 2.24) is 0 Å². The van der Waals surface area contributed by atoms with Crippen LogP contribution in [0.5, 0.6) is 0 Å². The lowest BCUT2D eigenvalue weighted by molar-refractivity contribution is -0.139. The highest BCUT2D eigenvalue weighted by Crippen LogP contribution is 2.37. The van der Waals surface area contributed by atoms with Crippen molar-refractivity contribution < 1.29 is 19.1 Å². The van der Waals surface area contributed by atoms with Crippen LogP contribution in [0.1, 0.15) is 31.2 Å². The summed E-state index contributed by atoms with van der Waals surface area (Å²) in [6, 6.07) is 8.24. The molecule has 0 spiro atoms. The van der Waals surface area contributed by atoms with Gasteiger partial charge < -0.3 is 10.5 Å². The third-order valence-corrected chi connectivity index (χ3v) is 4.72. The highest BCUT2D eigenvalue weighted by Gasteiger charge is 2.51. The molecule has 0 unspecified atom stereocenters. The van der Waals surface area contributed by atoms with Crippen molar-refractivity contribution in [3.05, 3.63) is 57.3 Å². The monoisotopic (exact) mass is 315 g/mol. The highest BCUT2D eigenvalue weighted by molar-refractivity contribution is 7.10. The van der Waals surface area contributed by atoms with Crippen LogP contribution in [0.3, 0.4) is 0 Å². The first-order chi connectivity index (χ1) is 10.5. The molecule has 1 aliphatic carbocycles. The van der Waals surface area contributed by atoms with E-state index in [4.69, 9.17) is 5.73 Å². The summed E-state index contributed by atoms with van der Waals surface area (Å²) in [6.45, 7) is 0. The Morgan fingerprint density at radius 2 is 1.82 bits per heavy atom. The van der Waals surface area contributed by atoms with E-state index in [0.717, 1.165) is 0 Å². The zero-order chi connectivity index (χ0) is 15.9. The second kappa shape index (κ2) is 5.15. The summed E-state index contributed by atoms with van der Waals surface area (Å²) in [5.74, 6) is -1.20. The number of thiophene rings is 1. The molecule has 0 saturated carbocycles. The minimum Gasteiger partial charge on any atom is -0.469 e. The topological polar surface area (TPSA) is 86.5 Å². The fourth-order valence-electron chi connectivity index (χ4n) is 2.56. The molecule has 0 saturated heterocycles. The summed E-state index contributed by atoms with van der Waals surface area (Å²) < 4.78 is 4.61. The number of methoxy groups -OCH3 is 1. The van der Waals surface area contributed by atoms with E-state index in [-0.39, 0.29) is 12.4 Å². The molecule has 22 heavy (non-hydrogen) atoms. The van der Waals surface area contributed by atoms with Gasteiger partial charge >= 0.3 is 5.97 Å². The lowest BCUT2D eigenvalue weighted by atomic mass is 9.88. The number of Topliss-reactive ketones (excluding diaryl/α,β-unsaturated/α-hetero) is 2. The Bertz CT molecular complexity index is 758. The van der Waals surface area contributed by atoms with Crippen LogP contribution in [-0.2, 0) is 21.5 Å². The lowest BCUT2D eigenvalue weighted by Crippen LogP contribution is -2.47. The number of esters is 1. The largest absolute Gasteiger partial charge is 0.469 e. The smallest absolute Gasteiger partial charge is 0.310 e. The van der Waals surface area contributed by atoms with E-state index in [1.807, 2.05) is 0 Å². The van der Waals surface area contributed by atoms with E-state index in [1.165, 1.54) is 18.4 Å². The third-order valence-electron chi connectivity index (χ3n) is 3.79. The second-order valence-electron chi connectivity index (χ2n) is 5.07. The van der Waals surface area contributed by atoms with Crippen LogP contribution in [0.4, 0.5) is 0 Å². The lowest BCUT2D eigenvalue weighted by Gasteiger charge is -2.18.